The highest BCUT2D eigenvalue weighted by Crippen LogP contribution is 2.37. The van der Waals surface area contributed by atoms with Gasteiger partial charge in [-0.05, 0) is 36.1 Å². The number of nitrogens with zero attached hydrogens (tertiary/aromatic N) is 4. The lowest BCUT2D eigenvalue weighted by Gasteiger charge is -2.42. The van der Waals surface area contributed by atoms with Gasteiger partial charge in [-0.15, -0.1) is 0 Å². The number of likely N-dealkylation sites (tertiary alicyclic amines) is 1. The highest BCUT2D eigenvalue weighted by molar-refractivity contribution is 5.79. The Balaban J connectivity index is 1.35. The van der Waals surface area contributed by atoms with Crippen LogP contribution in [0.3, 0.4) is 0 Å². The number of amides is 1. The number of carbonyl (C=O) groups is 1. The van der Waals surface area contributed by atoms with Crippen molar-refractivity contribution in [2.75, 3.05) is 13.1 Å². The molecule has 2 bridgehead atoms. The van der Waals surface area contributed by atoms with E-state index in [1.807, 2.05) is 10.6 Å². The summed E-state index contributed by atoms with van der Waals surface area (Å²) in [5.41, 5.74) is 7.74. The fraction of sp³-hybridized carbons (Fsp3) is 0.379. The summed E-state index contributed by atoms with van der Waals surface area (Å²) in [6.45, 7) is 2.42. The van der Waals surface area contributed by atoms with Crippen LogP contribution in [0.15, 0.2) is 61.3 Å². The number of rotatable bonds is 6. The first-order valence-corrected chi connectivity index (χ1v) is 13.3. The molecule has 2 aliphatic heterocycles. The zero-order chi connectivity index (χ0) is 28.3. The van der Waals surface area contributed by atoms with E-state index < -0.39 is 23.0 Å². The standard InChI is InChI=1S/C29H31N5O6/c1-31-22-7-6-17(9-23(22)32(2)29(31)39)20(11-25(30)36)28-27(38)24(35)10-19(40-28)15-33-12-16-8-18(14-33)21-4-3-5-26(37)34(21)13-16/h3-7,9-10,16,18,20,38H,8,11-15H2,1-2H3,(H2,30,36)/t16-,18+,20+/m1/s1. The molecule has 208 valence electrons. The maximum atomic E-state index is 12.9. The van der Waals surface area contributed by atoms with E-state index in [2.05, 4.69) is 4.90 Å². The monoisotopic (exact) mass is 545 g/mol. The summed E-state index contributed by atoms with van der Waals surface area (Å²) in [7, 11) is 3.32. The smallest absolute Gasteiger partial charge is 0.328 e. The quantitative estimate of drug-likeness (QED) is 0.372. The van der Waals surface area contributed by atoms with E-state index in [4.69, 9.17) is 10.2 Å². The normalized spacial score (nSPS) is 19.4. The summed E-state index contributed by atoms with van der Waals surface area (Å²) in [6.07, 6.45) is 0.793. The number of primary amides is 1. The minimum atomic E-state index is -0.829. The average Bonchev–Trinajstić information content (AvgIpc) is 3.13. The summed E-state index contributed by atoms with van der Waals surface area (Å²) < 4.78 is 11.0. The molecule has 1 fully saturated rings. The van der Waals surface area contributed by atoms with Gasteiger partial charge in [-0.25, -0.2) is 4.79 Å². The van der Waals surface area contributed by atoms with Gasteiger partial charge in [0.1, 0.15) is 5.76 Å². The second kappa shape index (κ2) is 9.67. The van der Waals surface area contributed by atoms with Gasteiger partial charge in [0.05, 0.1) is 23.5 Å². The Kier molecular flexibility index (Phi) is 6.25. The summed E-state index contributed by atoms with van der Waals surface area (Å²) in [5, 5.41) is 10.8. The lowest BCUT2D eigenvalue weighted by atomic mass is 9.83. The highest BCUT2D eigenvalue weighted by atomic mass is 16.4. The van der Waals surface area contributed by atoms with Crippen LogP contribution >= 0.6 is 0 Å². The summed E-state index contributed by atoms with van der Waals surface area (Å²) >= 11 is 0. The van der Waals surface area contributed by atoms with Crippen molar-refractivity contribution in [3.05, 3.63) is 96.3 Å². The molecule has 0 unspecified atom stereocenters. The Morgan fingerprint density at radius 2 is 1.82 bits per heavy atom. The number of pyridine rings is 1. The molecule has 0 aliphatic carbocycles. The topological polar surface area (TPSA) is 146 Å². The summed E-state index contributed by atoms with van der Waals surface area (Å²) in [6, 6.07) is 11.9. The fourth-order valence-corrected chi connectivity index (χ4v) is 6.52. The molecule has 4 aromatic rings. The van der Waals surface area contributed by atoms with E-state index in [9.17, 15) is 24.3 Å². The van der Waals surface area contributed by atoms with Crippen LogP contribution in [0.2, 0.25) is 0 Å². The van der Waals surface area contributed by atoms with Gasteiger partial charge in [0.15, 0.2) is 5.76 Å². The Morgan fingerprint density at radius 1 is 1.05 bits per heavy atom. The summed E-state index contributed by atoms with van der Waals surface area (Å²) in [4.78, 5) is 52.0. The second-order valence-electron chi connectivity index (χ2n) is 11.1. The molecular weight excluding hydrogens is 514 g/mol. The number of hydrogen-bond donors (Lipinski definition) is 2. The van der Waals surface area contributed by atoms with E-state index in [0.717, 1.165) is 18.7 Å². The van der Waals surface area contributed by atoms with Gasteiger partial charge in [-0.2, -0.15) is 0 Å². The number of aryl methyl sites for hydroxylation is 2. The number of aromatic hydroxyl groups is 1. The number of fused-ring (bicyclic) bond motifs is 5. The molecule has 2 aliphatic rings. The number of hydrogen-bond acceptors (Lipinski definition) is 7. The van der Waals surface area contributed by atoms with E-state index in [0.29, 0.717) is 47.9 Å². The number of aromatic nitrogens is 3. The van der Waals surface area contributed by atoms with Crippen LogP contribution < -0.4 is 22.4 Å². The zero-order valence-corrected chi connectivity index (χ0v) is 22.4. The molecular formula is C29H31N5O6. The first-order chi connectivity index (χ1) is 19.1. The van der Waals surface area contributed by atoms with Crippen LogP contribution in [0.4, 0.5) is 0 Å². The number of benzene rings is 1. The molecule has 6 rings (SSSR count). The van der Waals surface area contributed by atoms with Gasteiger partial charge in [-0.3, -0.25) is 28.4 Å². The van der Waals surface area contributed by atoms with Crippen molar-refractivity contribution in [2.45, 2.75) is 37.8 Å². The van der Waals surface area contributed by atoms with Crippen molar-refractivity contribution in [1.29, 1.82) is 0 Å². The molecule has 3 atom stereocenters. The van der Waals surface area contributed by atoms with Crippen molar-refractivity contribution in [3.8, 4) is 5.75 Å². The Morgan fingerprint density at radius 3 is 2.60 bits per heavy atom. The molecule has 1 saturated heterocycles. The van der Waals surface area contributed by atoms with Crippen LogP contribution in [0.5, 0.6) is 5.75 Å². The third-order valence-electron chi connectivity index (χ3n) is 8.35. The third kappa shape index (κ3) is 4.36. The molecule has 1 amide bonds. The predicted octanol–water partition coefficient (Wildman–Crippen LogP) is 1.32. The van der Waals surface area contributed by atoms with Crippen LogP contribution in [0, 0.1) is 5.92 Å². The van der Waals surface area contributed by atoms with E-state index in [1.165, 1.54) is 15.2 Å². The second-order valence-corrected chi connectivity index (χ2v) is 11.1. The average molecular weight is 546 g/mol. The van der Waals surface area contributed by atoms with Crippen molar-refractivity contribution in [2.24, 2.45) is 25.7 Å². The molecule has 0 spiro atoms. The molecule has 0 saturated carbocycles. The highest BCUT2D eigenvalue weighted by Gasteiger charge is 2.35. The van der Waals surface area contributed by atoms with Crippen LogP contribution in [-0.2, 0) is 32.0 Å². The third-order valence-corrected chi connectivity index (χ3v) is 8.35. The van der Waals surface area contributed by atoms with Gasteiger partial charge in [0, 0.05) is 63.9 Å². The van der Waals surface area contributed by atoms with E-state index >= 15 is 0 Å². The first kappa shape index (κ1) is 25.9. The molecule has 11 nitrogen and oxygen atoms in total. The van der Waals surface area contributed by atoms with Gasteiger partial charge >= 0.3 is 5.69 Å². The Bertz CT molecular complexity index is 1830. The Hall–Kier alpha value is -4.38. The largest absolute Gasteiger partial charge is 0.502 e. The molecule has 0 radical (unpaired) electrons. The number of nitrogens with two attached hydrogens (primary N) is 1. The number of carbonyl (C=O) groups excluding carboxylic acids is 1. The number of imidazole rings is 1. The van der Waals surface area contributed by atoms with Gasteiger partial charge < -0.3 is 19.8 Å². The lowest BCUT2D eigenvalue weighted by Crippen LogP contribution is -2.46. The maximum Gasteiger partial charge on any atom is 0.328 e. The van der Waals surface area contributed by atoms with Gasteiger partial charge in [0.2, 0.25) is 17.1 Å². The van der Waals surface area contributed by atoms with E-state index in [1.54, 1.807) is 44.4 Å². The predicted molar refractivity (Wildman–Crippen MR) is 147 cm³/mol. The zero-order valence-electron chi connectivity index (χ0n) is 22.4. The minimum absolute atomic E-state index is 0.0177. The molecule has 40 heavy (non-hydrogen) atoms. The molecule has 1 aromatic carbocycles. The SMILES string of the molecule is Cn1c(=O)n(C)c2cc([C@H](CC(N)=O)c3oc(CN4C[C@H]5C[C@@H](C4)c4cccc(=O)n4C5)cc(=O)c3O)ccc21. The van der Waals surface area contributed by atoms with Crippen molar-refractivity contribution in [3.63, 3.8) is 0 Å². The lowest BCUT2D eigenvalue weighted by molar-refractivity contribution is -0.118. The first-order valence-electron chi connectivity index (χ1n) is 13.3. The minimum Gasteiger partial charge on any atom is -0.502 e. The molecule has 3 N–H and O–H groups in total. The van der Waals surface area contributed by atoms with Crippen LogP contribution in [0.1, 0.15) is 47.5 Å². The maximum absolute atomic E-state index is 12.9. The van der Waals surface area contributed by atoms with Gasteiger partial charge in [-0.1, -0.05) is 12.1 Å². The van der Waals surface area contributed by atoms with Crippen LogP contribution in [0.25, 0.3) is 11.0 Å². The van der Waals surface area contributed by atoms with Gasteiger partial charge in [0.25, 0.3) is 5.56 Å². The van der Waals surface area contributed by atoms with Crippen LogP contribution in [-0.4, -0.2) is 42.7 Å². The van der Waals surface area contributed by atoms with Crippen molar-refractivity contribution >= 4 is 16.9 Å². The molecule has 11 heteroatoms. The Labute approximate surface area is 228 Å². The van der Waals surface area contributed by atoms with Crippen molar-refractivity contribution in [1.82, 2.24) is 18.6 Å². The van der Waals surface area contributed by atoms with E-state index in [-0.39, 0.29) is 29.3 Å². The summed E-state index contributed by atoms with van der Waals surface area (Å²) in [5.74, 6) is -1.21. The number of piperidine rings is 1. The molecule has 3 aromatic heterocycles. The van der Waals surface area contributed by atoms with Crippen molar-refractivity contribution < 1.29 is 14.3 Å². The molecule has 5 heterocycles. The fourth-order valence-electron chi connectivity index (χ4n) is 6.52.